The molecule has 0 aliphatic heterocycles. The van der Waals surface area contributed by atoms with Crippen LogP contribution in [0.25, 0.3) is 0 Å². The smallest absolute Gasteiger partial charge is 0.245 e. The van der Waals surface area contributed by atoms with Gasteiger partial charge in [0.1, 0.15) is 11.6 Å². The second-order valence-electron chi connectivity index (χ2n) is 7.81. The Morgan fingerprint density at radius 2 is 1.29 bits per heavy atom. The first kappa shape index (κ1) is 31.7. The first-order chi connectivity index (χ1) is 12.3. The highest BCUT2D eigenvalue weighted by molar-refractivity contribution is 9.10. The quantitative estimate of drug-likeness (QED) is 0.388. The molecule has 1 atom stereocenters. The molecule has 8 heteroatoms. The Morgan fingerprint density at radius 1 is 0.929 bits per heavy atom. The van der Waals surface area contributed by atoms with Crippen molar-refractivity contribution < 1.29 is 19.2 Å². The standard InChI is InChI=1S/C10H18BrNO2.C5H9BrO.C5H9NO/c1-7(13)10(2,3)6-8(11)9(14)12(4)5;1-4(7)5(2,3)6;1-4-5(7)6(2)3/h8H,6H2,1-5H3;1-3H3;4H,1H2,2-3H3. The fraction of sp³-hybridized carbons (Fsp3) is 0.700. The summed E-state index contributed by atoms with van der Waals surface area (Å²) < 4.78 is -0.326. The predicted molar refractivity (Wildman–Crippen MR) is 123 cm³/mol. The molecule has 0 saturated carbocycles. The van der Waals surface area contributed by atoms with Crippen molar-refractivity contribution in [2.24, 2.45) is 5.41 Å². The predicted octanol–water partition coefficient (Wildman–Crippen LogP) is 3.85. The van der Waals surface area contributed by atoms with Gasteiger partial charge in [-0.25, -0.2) is 0 Å². The lowest BCUT2D eigenvalue weighted by atomic mass is 9.84. The Kier molecular flexibility index (Phi) is 15.9. The minimum absolute atomic E-state index is 0.000625. The molecule has 0 N–H and O–H groups in total. The first-order valence-corrected chi connectivity index (χ1v) is 10.4. The second kappa shape index (κ2) is 14.0. The van der Waals surface area contributed by atoms with Crippen LogP contribution >= 0.6 is 31.9 Å². The molecule has 0 aliphatic carbocycles. The number of hydrogen-bond donors (Lipinski definition) is 0. The highest BCUT2D eigenvalue weighted by Crippen LogP contribution is 2.27. The molecule has 0 aromatic heterocycles. The van der Waals surface area contributed by atoms with Crippen molar-refractivity contribution in [1.29, 1.82) is 0 Å². The van der Waals surface area contributed by atoms with E-state index >= 15 is 0 Å². The number of hydrogen-bond acceptors (Lipinski definition) is 4. The van der Waals surface area contributed by atoms with E-state index in [2.05, 4.69) is 38.4 Å². The Bertz CT molecular complexity index is 551. The van der Waals surface area contributed by atoms with Gasteiger partial charge in [-0.1, -0.05) is 52.3 Å². The lowest BCUT2D eigenvalue weighted by Gasteiger charge is -2.25. The highest BCUT2D eigenvalue weighted by atomic mass is 79.9. The van der Waals surface area contributed by atoms with Crippen LogP contribution in [-0.4, -0.2) is 70.5 Å². The molecule has 1 unspecified atom stereocenters. The first-order valence-electron chi connectivity index (χ1n) is 8.71. The number of amides is 2. The summed E-state index contributed by atoms with van der Waals surface area (Å²) in [6.07, 6.45) is 1.80. The van der Waals surface area contributed by atoms with E-state index in [9.17, 15) is 19.2 Å². The molecule has 0 heterocycles. The van der Waals surface area contributed by atoms with Crippen molar-refractivity contribution in [3.8, 4) is 0 Å². The molecule has 0 radical (unpaired) electrons. The van der Waals surface area contributed by atoms with Gasteiger partial charge in [0.2, 0.25) is 11.8 Å². The number of carbonyl (C=O) groups excluding carboxylic acids is 4. The third-order valence-electron chi connectivity index (χ3n) is 3.80. The van der Waals surface area contributed by atoms with Crippen LogP contribution in [0.3, 0.4) is 0 Å². The molecule has 0 saturated heterocycles. The van der Waals surface area contributed by atoms with Crippen LogP contribution in [0.4, 0.5) is 0 Å². The summed E-state index contributed by atoms with van der Waals surface area (Å²) in [5.41, 5.74) is -0.445. The van der Waals surface area contributed by atoms with Gasteiger partial charge in [-0.3, -0.25) is 19.2 Å². The van der Waals surface area contributed by atoms with Crippen LogP contribution in [-0.2, 0) is 19.2 Å². The lowest BCUT2D eigenvalue weighted by molar-refractivity contribution is -0.130. The molecule has 0 spiro atoms. The molecule has 0 aliphatic rings. The molecule has 164 valence electrons. The summed E-state index contributed by atoms with van der Waals surface area (Å²) in [5.74, 6) is 0.209. The number of Topliss-reactive ketones (excluding diaryl/α,β-unsaturated/α-hetero) is 2. The van der Waals surface area contributed by atoms with Crippen molar-refractivity contribution in [3.63, 3.8) is 0 Å². The summed E-state index contributed by atoms with van der Waals surface area (Å²) in [4.78, 5) is 46.2. The van der Waals surface area contributed by atoms with Crippen LogP contribution < -0.4 is 0 Å². The highest BCUT2D eigenvalue weighted by Gasteiger charge is 2.30. The van der Waals surface area contributed by atoms with Crippen LogP contribution in [0.1, 0.15) is 48.0 Å². The summed E-state index contributed by atoms with van der Waals surface area (Å²) in [7, 11) is 6.78. The van der Waals surface area contributed by atoms with Crippen molar-refractivity contribution in [1.82, 2.24) is 9.80 Å². The number of ketones is 2. The molecular weight excluding hydrogens is 492 g/mol. The molecule has 0 aromatic rings. The number of nitrogens with zero attached hydrogens (tertiary/aromatic N) is 2. The van der Waals surface area contributed by atoms with E-state index in [-0.39, 0.29) is 32.5 Å². The lowest BCUT2D eigenvalue weighted by Crippen LogP contribution is -2.35. The number of likely N-dealkylation sites (N-methyl/N-ethyl adjacent to an activating group) is 1. The zero-order chi connectivity index (χ0) is 23.5. The molecule has 0 fully saturated rings. The van der Waals surface area contributed by atoms with E-state index in [1.807, 2.05) is 27.7 Å². The minimum atomic E-state index is -0.445. The Balaban J connectivity index is -0.000000375. The van der Waals surface area contributed by atoms with Gasteiger partial charge in [0.25, 0.3) is 0 Å². The molecule has 0 aromatic carbocycles. The Labute approximate surface area is 187 Å². The fourth-order valence-electron chi connectivity index (χ4n) is 1.14. The maximum atomic E-state index is 11.5. The zero-order valence-electron chi connectivity index (χ0n) is 18.9. The second-order valence-corrected chi connectivity index (χ2v) is 10.9. The number of alkyl halides is 2. The topological polar surface area (TPSA) is 74.8 Å². The van der Waals surface area contributed by atoms with Gasteiger partial charge in [-0.05, 0) is 40.2 Å². The fourth-order valence-corrected chi connectivity index (χ4v) is 2.36. The molecule has 0 bridgehead atoms. The Hall–Kier alpha value is -1.02. The summed E-state index contributed by atoms with van der Waals surface area (Å²) in [6.45, 7) is 13.8. The number of carbonyl (C=O) groups is 4. The monoisotopic (exact) mass is 526 g/mol. The molecule has 28 heavy (non-hydrogen) atoms. The van der Waals surface area contributed by atoms with Gasteiger partial charge in [0, 0.05) is 33.6 Å². The van der Waals surface area contributed by atoms with Gasteiger partial charge in [0.15, 0.2) is 0 Å². The largest absolute Gasteiger partial charge is 0.348 e. The van der Waals surface area contributed by atoms with Crippen LogP contribution in [0, 0.1) is 5.41 Å². The summed E-state index contributed by atoms with van der Waals surface area (Å²) in [5, 5.41) is 0. The Morgan fingerprint density at radius 3 is 1.43 bits per heavy atom. The maximum Gasteiger partial charge on any atom is 0.245 e. The normalized spacial score (nSPS) is 11.6. The van der Waals surface area contributed by atoms with E-state index in [0.29, 0.717) is 6.42 Å². The van der Waals surface area contributed by atoms with E-state index < -0.39 is 5.41 Å². The summed E-state index contributed by atoms with van der Waals surface area (Å²) >= 11 is 6.50. The van der Waals surface area contributed by atoms with Gasteiger partial charge in [-0.15, -0.1) is 0 Å². The zero-order valence-corrected chi connectivity index (χ0v) is 22.0. The molecule has 2 amide bonds. The molecular formula is C20H36Br2N2O4. The van der Waals surface area contributed by atoms with Gasteiger partial charge < -0.3 is 9.80 Å². The van der Waals surface area contributed by atoms with E-state index in [1.54, 1.807) is 42.0 Å². The third kappa shape index (κ3) is 16.0. The minimum Gasteiger partial charge on any atom is -0.348 e. The molecule has 0 rings (SSSR count). The van der Waals surface area contributed by atoms with Crippen molar-refractivity contribution in [2.75, 3.05) is 28.2 Å². The number of rotatable bonds is 6. The van der Waals surface area contributed by atoms with Gasteiger partial charge in [-0.2, -0.15) is 0 Å². The van der Waals surface area contributed by atoms with Crippen molar-refractivity contribution >= 4 is 55.2 Å². The van der Waals surface area contributed by atoms with Gasteiger partial charge in [0.05, 0.1) is 9.15 Å². The van der Waals surface area contributed by atoms with E-state index in [4.69, 9.17) is 0 Å². The SMILES string of the molecule is C=CC(=O)N(C)C.CC(=O)C(C)(C)Br.CC(=O)C(C)(C)CC(Br)C(=O)N(C)C. The van der Waals surface area contributed by atoms with Gasteiger partial charge >= 0.3 is 0 Å². The average Bonchev–Trinajstić information content (AvgIpc) is 2.52. The van der Waals surface area contributed by atoms with Crippen LogP contribution in [0.5, 0.6) is 0 Å². The average molecular weight is 528 g/mol. The van der Waals surface area contributed by atoms with E-state index in [1.165, 1.54) is 15.9 Å². The van der Waals surface area contributed by atoms with Crippen LogP contribution in [0.2, 0.25) is 0 Å². The number of halogens is 2. The van der Waals surface area contributed by atoms with Crippen LogP contribution in [0.15, 0.2) is 12.7 Å². The molecule has 6 nitrogen and oxygen atoms in total. The third-order valence-corrected chi connectivity index (χ3v) is 5.08. The maximum absolute atomic E-state index is 11.5. The van der Waals surface area contributed by atoms with Crippen molar-refractivity contribution in [3.05, 3.63) is 12.7 Å². The van der Waals surface area contributed by atoms with Crippen molar-refractivity contribution in [2.45, 2.75) is 57.1 Å². The summed E-state index contributed by atoms with van der Waals surface area (Å²) in [6, 6.07) is 0. The van der Waals surface area contributed by atoms with E-state index in [0.717, 1.165) is 0 Å².